The van der Waals surface area contributed by atoms with Crippen molar-refractivity contribution in [2.75, 3.05) is 0 Å². The van der Waals surface area contributed by atoms with Crippen LogP contribution in [0.15, 0.2) is 57.9 Å². The van der Waals surface area contributed by atoms with Crippen molar-refractivity contribution >= 4 is 5.92 Å². The van der Waals surface area contributed by atoms with Crippen molar-refractivity contribution in [3.05, 3.63) is 80.2 Å². The molecule has 0 N–H and O–H groups in total. The second-order valence-corrected chi connectivity index (χ2v) is 31.2. The summed E-state index contributed by atoms with van der Waals surface area (Å²) in [7, 11) is 0. The van der Waals surface area contributed by atoms with Crippen molar-refractivity contribution in [3.8, 4) is 11.1 Å². The van der Waals surface area contributed by atoms with Gasteiger partial charge in [-0.2, -0.15) is 0 Å². The molecule has 0 atom stereocenters. The van der Waals surface area contributed by atoms with Gasteiger partial charge < -0.3 is 0 Å². The molecule has 2 aliphatic rings. The topological polar surface area (TPSA) is 0 Å². The second-order valence-electron chi connectivity index (χ2n) is 11.5. The van der Waals surface area contributed by atoms with Crippen LogP contribution in [0, 0.1) is 0 Å². The molecule has 0 spiro atoms. The molecule has 0 bridgehead atoms. The zero-order chi connectivity index (χ0) is 21.8. The van der Waals surface area contributed by atoms with Gasteiger partial charge in [0.25, 0.3) is 0 Å². The van der Waals surface area contributed by atoms with Gasteiger partial charge in [0.2, 0.25) is 0 Å². The molecular weight excluding hydrogens is 456 g/mol. The summed E-state index contributed by atoms with van der Waals surface area (Å²) in [6.07, 6.45) is 8.41. The van der Waals surface area contributed by atoms with E-state index >= 15 is 0 Å². The van der Waals surface area contributed by atoms with E-state index in [0.717, 1.165) is 0 Å². The van der Waals surface area contributed by atoms with Gasteiger partial charge in [-0.15, -0.1) is 0 Å². The molecule has 0 nitrogen and oxygen atoms in total. The van der Waals surface area contributed by atoms with Crippen molar-refractivity contribution in [2.45, 2.75) is 75.5 Å². The van der Waals surface area contributed by atoms with Crippen LogP contribution in [0.3, 0.4) is 0 Å². The van der Waals surface area contributed by atoms with Gasteiger partial charge in [0.1, 0.15) is 0 Å². The first-order chi connectivity index (χ1) is 14.0. The molecule has 30 heavy (non-hydrogen) atoms. The van der Waals surface area contributed by atoms with Crippen LogP contribution in [0.5, 0.6) is 0 Å². The number of allylic oxidation sites excluding steroid dienone is 4. The fraction of sp³-hybridized carbons (Fsp3) is 0.429. The number of rotatable bonds is 3. The van der Waals surface area contributed by atoms with E-state index < -0.39 is 26.8 Å². The summed E-state index contributed by atoms with van der Waals surface area (Å²) in [5, 5.41) is 0. The molecule has 2 heteroatoms. The summed E-state index contributed by atoms with van der Waals surface area (Å²) < 4.78 is 2.56. The molecule has 2 aromatic carbocycles. The van der Waals surface area contributed by atoms with Crippen molar-refractivity contribution in [3.63, 3.8) is 0 Å². The molecule has 0 fully saturated rings. The standard InChI is InChI=1S/C21H25.C5H5.C2H7Si.Zr/c1-20(2,3)16-9-7-14-11-15-8-10-17(21(4,5)6)13-19(15)18(14)12-16;1-2-4-5-3-1;1-3-2;/h7-13H,1-6H3;1-3H,4H2;3H,1-2H3;. The molecule has 0 amide bonds. The average Bonchev–Trinajstić information content (AvgIpc) is 3.27. The summed E-state index contributed by atoms with van der Waals surface area (Å²) in [4.78, 5) is 0. The quantitative estimate of drug-likeness (QED) is 0.383. The predicted molar refractivity (Wildman–Crippen MR) is 132 cm³/mol. The van der Waals surface area contributed by atoms with E-state index in [0.29, 0.717) is 3.63 Å². The van der Waals surface area contributed by atoms with Crippen LogP contribution < -0.4 is 0 Å². The normalized spacial score (nSPS) is 16.1. The zero-order valence-corrected chi connectivity index (χ0v) is 23.7. The molecule has 2 aliphatic carbocycles. The first-order valence-electron chi connectivity index (χ1n) is 11.5. The third kappa shape index (κ3) is 3.95. The van der Waals surface area contributed by atoms with Gasteiger partial charge in [-0.05, 0) is 0 Å². The van der Waals surface area contributed by atoms with Crippen molar-refractivity contribution in [1.82, 2.24) is 0 Å². The summed E-state index contributed by atoms with van der Waals surface area (Å²) in [6, 6.07) is 14.9. The van der Waals surface area contributed by atoms with E-state index in [1.54, 1.807) is 11.1 Å². The van der Waals surface area contributed by atoms with Gasteiger partial charge in [-0.25, -0.2) is 0 Å². The Labute approximate surface area is 192 Å². The van der Waals surface area contributed by atoms with E-state index in [-0.39, 0.29) is 10.8 Å². The number of fused-ring (bicyclic) bond motifs is 3. The molecule has 0 saturated heterocycles. The summed E-state index contributed by atoms with van der Waals surface area (Å²) in [6.45, 7) is 19.3. The first kappa shape index (κ1) is 22.2. The van der Waals surface area contributed by atoms with E-state index in [4.69, 9.17) is 0 Å². The Morgan fingerprint density at radius 1 is 0.800 bits per heavy atom. The number of hydrogen-bond acceptors (Lipinski definition) is 0. The molecule has 157 valence electrons. The van der Waals surface area contributed by atoms with Crippen LogP contribution in [0.4, 0.5) is 0 Å². The van der Waals surface area contributed by atoms with Crippen LogP contribution in [-0.4, -0.2) is 5.92 Å². The maximum absolute atomic E-state index is 2.62. The number of benzene rings is 2. The van der Waals surface area contributed by atoms with Crippen molar-refractivity contribution < 1.29 is 20.9 Å². The van der Waals surface area contributed by atoms with Crippen LogP contribution in [0.25, 0.3) is 11.1 Å². The van der Waals surface area contributed by atoms with Gasteiger partial charge in [-0.1, -0.05) is 0 Å². The Morgan fingerprint density at radius 2 is 1.30 bits per heavy atom. The molecule has 0 heterocycles. The van der Waals surface area contributed by atoms with Gasteiger partial charge in [0, 0.05) is 0 Å². The summed E-state index contributed by atoms with van der Waals surface area (Å²) in [5.41, 5.74) is 9.65. The molecule has 4 rings (SSSR count). The van der Waals surface area contributed by atoms with Crippen molar-refractivity contribution in [1.29, 1.82) is 0 Å². The fourth-order valence-corrected chi connectivity index (χ4v) is 25.6. The van der Waals surface area contributed by atoms with Crippen molar-refractivity contribution in [2.24, 2.45) is 0 Å². The van der Waals surface area contributed by atoms with Crippen LogP contribution in [0.1, 0.15) is 73.8 Å². The Balaban J connectivity index is 1.94. The van der Waals surface area contributed by atoms with Gasteiger partial charge >= 0.3 is 194 Å². The average molecular weight is 493 g/mol. The molecule has 0 saturated carbocycles. The van der Waals surface area contributed by atoms with Crippen LogP contribution >= 0.6 is 0 Å². The molecule has 0 aromatic heterocycles. The van der Waals surface area contributed by atoms with Gasteiger partial charge in [0.05, 0.1) is 0 Å². The maximum atomic E-state index is 2.62. The molecule has 0 aliphatic heterocycles. The summed E-state index contributed by atoms with van der Waals surface area (Å²) in [5.74, 6) is -0.713. The van der Waals surface area contributed by atoms with E-state index in [1.807, 2.05) is 3.28 Å². The van der Waals surface area contributed by atoms with E-state index in [2.05, 4.69) is 109 Å². The number of hydrogen-bond donors (Lipinski definition) is 0. The van der Waals surface area contributed by atoms with Crippen LogP contribution in [0.2, 0.25) is 13.1 Å². The second kappa shape index (κ2) is 7.86. The Kier molecular flexibility index (Phi) is 5.82. The Hall–Kier alpha value is -0.980. The molecular formula is C28H37SiZr. The first-order valence-corrected chi connectivity index (χ1v) is 21.3. The van der Waals surface area contributed by atoms with Gasteiger partial charge in [0.15, 0.2) is 0 Å². The van der Waals surface area contributed by atoms with Gasteiger partial charge in [-0.3, -0.25) is 0 Å². The summed E-state index contributed by atoms with van der Waals surface area (Å²) >= 11 is -1.79. The Morgan fingerprint density at radius 3 is 1.67 bits per heavy atom. The molecule has 2 aromatic rings. The monoisotopic (exact) mass is 491 g/mol. The third-order valence-electron chi connectivity index (χ3n) is 6.83. The molecule has 0 unspecified atom stereocenters. The minimum atomic E-state index is -1.79. The Bertz CT molecular complexity index is 964. The zero-order valence-electron chi connectivity index (χ0n) is 20.1. The minimum absolute atomic E-state index is 0.182. The SMILES string of the molecule is C[SiH](C)[Zr]([C]1=CC=CC1)[CH]1c2ccc(C(C)(C)C)cc2-c2cc(C(C)(C)C)ccc21. The fourth-order valence-electron chi connectivity index (χ4n) is 5.07. The van der Waals surface area contributed by atoms with E-state index in [9.17, 15) is 0 Å². The molecule has 0 radical (unpaired) electrons. The van der Waals surface area contributed by atoms with Crippen LogP contribution in [-0.2, 0) is 31.7 Å². The van der Waals surface area contributed by atoms with E-state index in [1.165, 1.54) is 28.7 Å². The third-order valence-corrected chi connectivity index (χ3v) is 27.2. The predicted octanol–water partition coefficient (Wildman–Crippen LogP) is 7.80.